The third-order valence-electron chi connectivity index (χ3n) is 2.59. The lowest BCUT2D eigenvalue weighted by Gasteiger charge is -2.30. The Morgan fingerprint density at radius 2 is 2.33 bits per heavy atom. The van der Waals surface area contributed by atoms with Gasteiger partial charge in [-0.1, -0.05) is 13.3 Å². The first-order valence-corrected chi connectivity index (χ1v) is 5.63. The van der Waals surface area contributed by atoms with Gasteiger partial charge in [0.15, 0.2) is 0 Å². The minimum Gasteiger partial charge on any atom is -0.449 e. The van der Waals surface area contributed by atoms with E-state index in [1.54, 1.807) is 0 Å². The fraction of sp³-hybridized carbons (Fsp3) is 0.909. The zero-order chi connectivity index (χ0) is 13.6. The van der Waals surface area contributed by atoms with Gasteiger partial charge in [0.1, 0.15) is 0 Å². The predicted octanol–water partition coefficient (Wildman–Crippen LogP) is 1.61. The van der Waals surface area contributed by atoms with Gasteiger partial charge in [-0.25, -0.2) is 4.79 Å². The molecule has 1 aliphatic heterocycles. The highest BCUT2D eigenvalue weighted by atomic mass is 16.6. The molecule has 1 amide bonds. The van der Waals surface area contributed by atoms with Gasteiger partial charge in [-0.05, 0) is 32.4 Å². The Bertz CT molecular complexity index is 266. The number of carbonyl (C=O) groups is 1. The molecule has 0 radical (unpaired) electrons. The average Bonchev–Trinajstić information content (AvgIpc) is 2.29. The number of hydrogen-bond donors (Lipinski definition) is 1. The first kappa shape index (κ1) is 8.39. The number of nitrogens with one attached hydrogen (secondary N) is 1. The maximum atomic E-state index is 11.9. The lowest BCUT2D eigenvalue weighted by molar-refractivity contribution is 0.0894. The lowest BCUT2D eigenvalue weighted by Crippen LogP contribution is -2.44. The fourth-order valence-electron chi connectivity index (χ4n) is 1.59. The van der Waals surface area contributed by atoms with E-state index in [-0.39, 0.29) is 12.6 Å². The van der Waals surface area contributed by atoms with Gasteiger partial charge in [-0.15, -0.1) is 0 Å². The summed E-state index contributed by atoms with van der Waals surface area (Å²) in [7, 11) is 0. The van der Waals surface area contributed by atoms with Crippen LogP contribution in [-0.4, -0.2) is 43.7 Å². The van der Waals surface area contributed by atoms with E-state index in [4.69, 9.17) is 8.85 Å². The molecule has 4 heteroatoms. The lowest BCUT2D eigenvalue weighted by atomic mass is 10.1. The van der Waals surface area contributed by atoms with Crippen molar-refractivity contribution in [1.82, 2.24) is 10.2 Å². The molecule has 15 heavy (non-hydrogen) atoms. The first-order valence-electron chi connectivity index (χ1n) is 7.13. The van der Waals surface area contributed by atoms with Crippen LogP contribution < -0.4 is 5.32 Å². The van der Waals surface area contributed by atoms with Gasteiger partial charge in [-0.2, -0.15) is 0 Å². The van der Waals surface area contributed by atoms with Crippen LogP contribution in [0.4, 0.5) is 4.79 Å². The molecule has 0 aliphatic carbocycles. The van der Waals surface area contributed by atoms with E-state index in [9.17, 15) is 4.79 Å². The summed E-state index contributed by atoms with van der Waals surface area (Å²) in [4.78, 5) is 12.8. The smallest absolute Gasteiger partial charge is 0.409 e. The monoisotopic (exact) mass is 217 g/mol. The first-order chi connectivity index (χ1) is 8.46. The van der Waals surface area contributed by atoms with Crippen LogP contribution >= 0.6 is 0 Å². The molecule has 0 spiro atoms. The summed E-state index contributed by atoms with van der Waals surface area (Å²) in [6, 6.07) is -0.257. The maximum Gasteiger partial charge on any atom is 0.409 e. The SMILES string of the molecule is [2H]C([2H])([2H])N(C(=O)OCCCC)C1CCNCC1. The molecule has 0 aromatic carbocycles. The molecule has 1 rings (SSSR count). The highest BCUT2D eigenvalue weighted by molar-refractivity contribution is 5.67. The van der Waals surface area contributed by atoms with E-state index in [0.717, 1.165) is 30.8 Å². The summed E-state index contributed by atoms with van der Waals surface area (Å²) in [6.45, 7) is 1.32. The van der Waals surface area contributed by atoms with Gasteiger partial charge in [0.05, 0.1) is 6.61 Å². The van der Waals surface area contributed by atoms with Gasteiger partial charge >= 0.3 is 6.09 Å². The van der Waals surface area contributed by atoms with Gasteiger partial charge in [-0.3, -0.25) is 0 Å². The number of rotatable bonds is 4. The van der Waals surface area contributed by atoms with Crippen molar-refractivity contribution in [3.05, 3.63) is 0 Å². The van der Waals surface area contributed by atoms with E-state index in [1.165, 1.54) is 0 Å². The average molecular weight is 217 g/mol. The van der Waals surface area contributed by atoms with Gasteiger partial charge in [0.2, 0.25) is 0 Å². The zero-order valence-corrected chi connectivity index (χ0v) is 9.29. The fourth-order valence-corrected chi connectivity index (χ4v) is 1.59. The molecular formula is C11H22N2O2. The Balaban J connectivity index is 2.62. The number of nitrogens with zero attached hydrogens (tertiary/aromatic N) is 1. The van der Waals surface area contributed by atoms with Crippen LogP contribution in [0.3, 0.4) is 0 Å². The van der Waals surface area contributed by atoms with Crippen molar-refractivity contribution in [2.45, 2.75) is 38.6 Å². The zero-order valence-electron chi connectivity index (χ0n) is 12.3. The van der Waals surface area contributed by atoms with Crippen LogP contribution in [0.15, 0.2) is 0 Å². The molecule has 4 nitrogen and oxygen atoms in total. The molecule has 0 atom stereocenters. The van der Waals surface area contributed by atoms with Crippen LogP contribution in [0.25, 0.3) is 0 Å². The second-order valence-electron chi connectivity index (χ2n) is 3.82. The molecule has 0 saturated carbocycles. The van der Waals surface area contributed by atoms with Crippen LogP contribution in [0.5, 0.6) is 0 Å². The summed E-state index contributed by atoms with van der Waals surface area (Å²) in [5.74, 6) is 0. The molecule has 0 aromatic heterocycles. The molecule has 0 unspecified atom stereocenters. The maximum absolute atomic E-state index is 11.9. The number of ether oxygens (including phenoxy) is 1. The number of amides is 1. The van der Waals surface area contributed by atoms with Crippen LogP contribution in [0.1, 0.15) is 36.7 Å². The Morgan fingerprint density at radius 1 is 1.60 bits per heavy atom. The number of hydrogen-bond acceptors (Lipinski definition) is 3. The molecule has 88 valence electrons. The van der Waals surface area contributed by atoms with Crippen LogP contribution in [0, 0.1) is 0 Å². The standard InChI is InChI=1S/C11H22N2O2/c1-3-4-9-15-11(14)13(2)10-5-7-12-8-6-10/h10,12H,3-9H2,1-2H3/i2D3. The largest absolute Gasteiger partial charge is 0.449 e. The molecule has 1 aliphatic rings. The predicted molar refractivity (Wildman–Crippen MR) is 59.9 cm³/mol. The summed E-state index contributed by atoms with van der Waals surface area (Å²) in [5.41, 5.74) is 0. The molecule has 1 heterocycles. The summed E-state index contributed by atoms with van der Waals surface area (Å²) < 4.78 is 27.5. The Kier molecular flexibility index (Phi) is 3.73. The number of carbonyl (C=O) groups excluding carboxylic acids is 1. The second kappa shape index (κ2) is 6.67. The molecule has 1 saturated heterocycles. The van der Waals surface area contributed by atoms with E-state index >= 15 is 0 Å². The van der Waals surface area contributed by atoms with Crippen molar-refractivity contribution in [3.63, 3.8) is 0 Å². The van der Waals surface area contributed by atoms with Crippen molar-refractivity contribution in [1.29, 1.82) is 0 Å². The molecular weight excluding hydrogens is 192 g/mol. The molecule has 0 aromatic rings. The molecule has 1 N–H and O–H groups in total. The van der Waals surface area contributed by atoms with Crippen molar-refractivity contribution < 1.29 is 13.6 Å². The minimum atomic E-state index is -2.43. The normalized spacial score (nSPS) is 21.3. The Hall–Kier alpha value is -0.770. The topological polar surface area (TPSA) is 41.6 Å². The Morgan fingerprint density at radius 3 is 2.93 bits per heavy atom. The van der Waals surface area contributed by atoms with E-state index < -0.39 is 13.1 Å². The van der Waals surface area contributed by atoms with Crippen molar-refractivity contribution in [3.8, 4) is 0 Å². The van der Waals surface area contributed by atoms with Gasteiger partial charge in [0.25, 0.3) is 0 Å². The van der Waals surface area contributed by atoms with Crippen molar-refractivity contribution in [2.75, 3.05) is 26.7 Å². The van der Waals surface area contributed by atoms with Gasteiger partial charge < -0.3 is 15.0 Å². The Labute approximate surface area is 96.2 Å². The highest BCUT2D eigenvalue weighted by Crippen LogP contribution is 2.10. The number of unbranched alkanes of at least 4 members (excludes halogenated alkanes) is 1. The molecule has 0 bridgehead atoms. The summed E-state index contributed by atoms with van der Waals surface area (Å²) in [5, 5.41) is 3.15. The third-order valence-corrected chi connectivity index (χ3v) is 2.59. The minimum absolute atomic E-state index is 0.257. The molecule has 1 fully saturated rings. The van der Waals surface area contributed by atoms with Crippen molar-refractivity contribution >= 4 is 6.09 Å². The van der Waals surface area contributed by atoms with Crippen LogP contribution in [0.2, 0.25) is 0 Å². The van der Waals surface area contributed by atoms with Crippen molar-refractivity contribution in [2.24, 2.45) is 0 Å². The summed E-state index contributed by atoms with van der Waals surface area (Å²) in [6.07, 6.45) is 2.26. The van der Waals surface area contributed by atoms with E-state index in [1.807, 2.05) is 6.92 Å². The van der Waals surface area contributed by atoms with E-state index in [0.29, 0.717) is 12.8 Å². The highest BCUT2D eigenvalue weighted by Gasteiger charge is 2.22. The van der Waals surface area contributed by atoms with Crippen LogP contribution in [-0.2, 0) is 4.74 Å². The van der Waals surface area contributed by atoms with E-state index in [2.05, 4.69) is 5.32 Å². The quantitative estimate of drug-likeness (QED) is 0.727. The second-order valence-corrected chi connectivity index (χ2v) is 3.82. The number of piperidine rings is 1. The summed E-state index contributed by atoms with van der Waals surface area (Å²) >= 11 is 0. The third kappa shape index (κ3) is 4.08. The van der Waals surface area contributed by atoms with Gasteiger partial charge in [0, 0.05) is 17.1 Å².